The van der Waals surface area contributed by atoms with Crippen LogP contribution < -0.4 is 5.73 Å². The van der Waals surface area contributed by atoms with Crippen LogP contribution in [0.15, 0.2) is 18.3 Å². The van der Waals surface area contributed by atoms with Gasteiger partial charge in [-0.05, 0) is 30.0 Å². The van der Waals surface area contributed by atoms with Crippen LogP contribution in [0.25, 0.3) is 0 Å². The predicted molar refractivity (Wildman–Crippen MR) is 74.8 cm³/mol. The van der Waals surface area contributed by atoms with Crippen LogP contribution in [-0.2, 0) is 6.42 Å². The van der Waals surface area contributed by atoms with E-state index in [2.05, 4.69) is 48.1 Å². The third-order valence-electron chi connectivity index (χ3n) is 2.86. The molecule has 0 aliphatic carbocycles. The molecule has 0 saturated carbocycles. The first-order valence-corrected chi connectivity index (χ1v) is 6.91. The number of hydrogen-bond donors (Lipinski definition) is 1. The molecule has 0 aromatic carbocycles. The van der Waals surface area contributed by atoms with Gasteiger partial charge in [0.05, 0.1) is 0 Å². The van der Waals surface area contributed by atoms with E-state index in [-0.39, 0.29) is 0 Å². The molecule has 2 heterocycles. The summed E-state index contributed by atoms with van der Waals surface area (Å²) in [6.07, 6.45) is 2.82. The zero-order valence-electron chi connectivity index (χ0n) is 10.9. The summed E-state index contributed by atoms with van der Waals surface area (Å²) in [4.78, 5) is 4.38. The van der Waals surface area contributed by atoms with Crippen molar-refractivity contribution < 1.29 is 0 Å². The average Bonchev–Trinajstić information content (AvgIpc) is 2.76. The van der Waals surface area contributed by atoms with Crippen LogP contribution in [0.5, 0.6) is 0 Å². The highest BCUT2D eigenvalue weighted by Crippen LogP contribution is 2.25. The van der Waals surface area contributed by atoms with Crippen LogP contribution in [0.1, 0.15) is 48.9 Å². The fraction of sp³-hybridized carbons (Fsp3) is 0.462. The summed E-state index contributed by atoms with van der Waals surface area (Å²) >= 11 is 1.47. The fourth-order valence-electron chi connectivity index (χ4n) is 1.82. The largest absolute Gasteiger partial charge is 0.374 e. The van der Waals surface area contributed by atoms with Gasteiger partial charge in [0.2, 0.25) is 5.13 Å². The van der Waals surface area contributed by atoms with Crippen molar-refractivity contribution in [3.63, 3.8) is 0 Å². The molecule has 2 N–H and O–H groups in total. The lowest BCUT2D eigenvalue weighted by molar-refractivity contribution is 0.731. The first-order chi connectivity index (χ1) is 8.56. The smallest absolute Gasteiger partial charge is 0.203 e. The van der Waals surface area contributed by atoms with E-state index in [4.69, 9.17) is 5.73 Å². The van der Waals surface area contributed by atoms with Crippen LogP contribution in [-0.4, -0.2) is 15.2 Å². The minimum atomic E-state index is 0.335. The van der Waals surface area contributed by atoms with Crippen LogP contribution in [0.2, 0.25) is 0 Å². The molecule has 2 rings (SSSR count). The predicted octanol–water partition coefficient (Wildman–Crippen LogP) is 2.98. The Morgan fingerprint density at radius 1 is 1.28 bits per heavy atom. The SMILES string of the molecule is CC(C)c1cc(CC(C)c2nnc(N)s2)ccn1. The van der Waals surface area contributed by atoms with E-state index < -0.39 is 0 Å². The Morgan fingerprint density at radius 2 is 2.06 bits per heavy atom. The zero-order chi connectivity index (χ0) is 13.1. The van der Waals surface area contributed by atoms with Crippen molar-refractivity contribution in [2.45, 2.75) is 39.0 Å². The van der Waals surface area contributed by atoms with Gasteiger partial charge in [0.15, 0.2) is 0 Å². The van der Waals surface area contributed by atoms with Gasteiger partial charge in [-0.25, -0.2) is 0 Å². The van der Waals surface area contributed by atoms with E-state index in [9.17, 15) is 0 Å². The third kappa shape index (κ3) is 3.04. The summed E-state index contributed by atoms with van der Waals surface area (Å²) in [6, 6.07) is 4.23. The molecule has 96 valence electrons. The van der Waals surface area contributed by atoms with E-state index >= 15 is 0 Å². The van der Waals surface area contributed by atoms with Crippen molar-refractivity contribution in [2.24, 2.45) is 0 Å². The minimum Gasteiger partial charge on any atom is -0.374 e. The van der Waals surface area contributed by atoms with Gasteiger partial charge in [-0.2, -0.15) is 0 Å². The Kier molecular flexibility index (Phi) is 3.91. The minimum absolute atomic E-state index is 0.335. The van der Waals surface area contributed by atoms with Crippen LogP contribution in [0.4, 0.5) is 5.13 Å². The third-order valence-corrected chi connectivity index (χ3v) is 3.84. The van der Waals surface area contributed by atoms with Gasteiger partial charge in [-0.15, -0.1) is 10.2 Å². The lowest BCUT2D eigenvalue weighted by Crippen LogP contribution is -2.00. The van der Waals surface area contributed by atoms with Gasteiger partial charge < -0.3 is 5.73 Å². The summed E-state index contributed by atoms with van der Waals surface area (Å²) < 4.78 is 0. The molecule has 0 bridgehead atoms. The number of rotatable bonds is 4. The number of pyridine rings is 1. The molecule has 4 nitrogen and oxygen atoms in total. The topological polar surface area (TPSA) is 64.7 Å². The van der Waals surface area contributed by atoms with Crippen molar-refractivity contribution >= 4 is 16.5 Å². The lowest BCUT2D eigenvalue weighted by atomic mass is 10.00. The van der Waals surface area contributed by atoms with Gasteiger partial charge in [-0.1, -0.05) is 32.1 Å². The molecule has 0 fully saturated rings. The molecule has 5 heteroatoms. The quantitative estimate of drug-likeness (QED) is 0.920. The van der Waals surface area contributed by atoms with Crippen molar-refractivity contribution in [1.29, 1.82) is 0 Å². The van der Waals surface area contributed by atoms with E-state index in [0.717, 1.165) is 17.1 Å². The molecule has 1 unspecified atom stereocenters. The normalized spacial score (nSPS) is 12.9. The van der Waals surface area contributed by atoms with Crippen LogP contribution >= 0.6 is 11.3 Å². The average molecular weight is 262 g/mol. The molecule has 0 amide bonds. The van der Waals surface area contributed by atoms with Gasteiger partial charge in [0.1, 0.15) is 5.01 Å². The van der Waals surface area contributed by atoms with Gasteiger partial charge in [0, 0.05) is 17.8 Å². The number of nitrogen functional groups attached to an aromatic ring is 1. The maximum Gasteiger partial charge on any atom is 0.203 e. The second-order valence-electron chi connectivity index (χ2n) is 4.83. The van der Waals surface area contributed by atoms with E-state index in [1.165, 1.54) is 16.9 Å². The highest BCUT2D eigenvalue weighted by Gasteiger charge is 2.12. The molecule has 0 saturated heterocycles. The Labute approximate surface area is 111 Å². The molecular weight excluding hydrogens is 244 g/mol. The number of aromatic nitrogens is 3. The summed E-state index contributed by atoms with van der Waals surface area (Å²) in [7, 11) is 0. The van der Waals surface area contributed by atoms with Gasteiger partial charge >= 0.3 is 0 Å². The van der Waals surface area contributed by atoms with Crippen molar-refractivity contribution in [1.82, 2.24) is 15.2 Å². The van der Waals surface area contributed by atoms with Crippen molar-refractivity contribution in [3.8, 4) is 0 Å². The van der Waals surface area contributed by atoms with Gasteiger partial charge in [0.25, 0.3) is 0 Å². The monoisotopic (exact) mass is 262 g/mol. The maximum absolute atomic E-state index is 5.61. The second kappa shape index (κ2) is 5.44. The Balaban J connectivity index is 2.11. The number of nitrogens with two attached hydrogens (primary N) is 1. The summed E-state index contributed by atoms with van der Waals surface area (Å²) in [5.41, 5.74) is 8.03. The highest BCUT2D eigenvalue weighted by atomic mass is 32.1. The Morgan fingerprint density at radius 3 is 2.67 bits per heavy atom. The van der Waals surface area contributed by atoms with Crippen molar-refractivity contribution in [3.05, 3.63) is 34.6 Å². The fourth-order valence-corrected chi connectivity index (χ4v) is 2.49. The Hall–Kier alpha value is -1.49. The summed E-state index contributed by atoms with van der Waals surface area (Å²) in [6.45, 7) is 6.46. The molecule has 2 aromatic rings. The van der Waals surface area contributed by atoms with Crippen molar-refractivity contribution in [2.75, 3.05) is 5.73 Å². The molecule has 0 spiro atoms. The standard InChI is InChI=1S/C13H18N4S/c1-8(2)11-7-10(4-5-15-11)6-9(3)12-16-17-13(14)18-12/h4-5,7-9H,6H2,1-3H3,(H2,14,17). The van der Waals surface area contributed by atoms with Gasteiger partial charge in [-0.3, -0.25) is 4.98 Å². The summed E-state index contributed by atoms with van der Waals surface area (Å²) in [5, 5.41) is 9.49. The number of hydrogen-bond acceptors (Lipinski definition) is 5. The van der Waals surface area contributed by atoms with E-state index in [1.54, 1.807) is 0 Å². The lowest BCUT2D eigenvalue weighted by Gasteiger charge is -2.10. The zero-order valence-corrected chi connectivity index (χ0v) is 11.7. The Bertz CT molecular complexity index is 521. The molecule has 1 atom stereocenters. The maximum atomic E-state index is 5.61. The van der Waals surface area contributed by atoms with E-state index in [0.29, 0.717) is 17.0 Å². The molecule has 0 aliphatic rings. The van der Waals surface area contributed by atoms with E-state index in [1.807, 2.05) is 6.20 Å². The van der Waals surface area contributed by atoms with Crippen LogP contribution in [0, 0.1) is 0 Å². The molecule has 2 aromatic heterocycles. The number of nitrogens with zero attached hydrogens (tertiary/aromatic N) is 3. The molecule has 18 heavy (non-hydrogen) atoms. The summed E-state index contributed by atoms with van der Waals surface area (Å²) in [5.74, 6) is 0.791. The van der Waals surface area contributed by atoms with Crippen LogP contribution in [0.3, 0.4) is 0 Å². The first-order valence-electron chi connectivity index (χ1n) is 6.10. The molecular formula is C13H18N4S. The second-order valence-corrected chi connectivity index (χ2v) is 5.87. The molecule has 0 aliphatic heterocycles. The highest BCUT2D eigenvalue weighted by molar-refractivity contribution is 7.15. The number of anilines is 1. The molecule has 0 radical (unpaired) electrons. The first kappa shape index (κ1) is 13.0.